The molecule has 1 N–H and O–H groups in total. The summed E-state index contributed by atoms with van der Waals surface area (Å²) in [6, 6.07) is 2.32. The fourth-order valence-electron chi connectivity index (χ4n) is 2.30. The molecule has 1 aliphatic carbocycles. The van der Waals surface area contributed by atoms with Gasteiger partial charge in [-0.2, -0.15) is 5.26 Å². The average Bonchev–Trinajstić information content (AvgIpc) is 2.56. The molecule has 0 bridgehead atoms. The highest BCUT2D eigenvalue weighted by atomic mass is 16.5. The van der Waals surface area contributed by atoms with Gasteiger partial charge in [-0.05, 0) is 19.3 Å². The molecule has 0 spiro atoms. The van der Waals surface area contributed by atoms with Crippen LogP contribution in [0.25, 0.3) is 0 Å². The minimum atomic E-state index is -0.610. The van der Waals surface area contributed by atoms with Crippen LogP contribution in [0.2, 0.25) is 0 Å². The Kier molecular flexibility index (Phi) is 5.99. The molecule has 0 atom stereocenters. The van der Waals surface area contributed by atoms with Crippen molar-refractivity contribution in [1.29, 1.82) is 5.26 Å². The molecule has 1 rings (SSSR count). The molecule has 0 aromatic carbocycles. The van der Waals surface area contributed by atoms with Crippen molar-refractivity contribution in [2.24, 2.45) is 0 Å². The molecule has 1 saturated carbocycles. The second-order valence-electron chi connectivity index (χ2n) is 4.75. The Morgan fingerprint density at radius 1 is 1.35 bits per heavy atom. The summed E-state index contributed by atoms with van der Waals surface area (Å²) in [5.41, 5.74) is -0.610. The van der Waals surface area contributed by atoms with Gasteiger partial charge in [-0.3, -0.25) is 4.79 Å². The Hall–Kier alpha value is -1.08. The zero-order valence-corrected chi connectivity index (χ0v) is 10.6. The fourth-order valence-corrected chi connectivity index (χ4v) is 2.30. The van der Waals surface area contributed by atoms with Crippen molar-refractivity contribution in [3.63, 3.8) is 0 Å². The van der Waals surface area contributed by atoms with Crippen LogP contribution in [-0.2, 0) is 9.53 Å². The van der Waals surface area contributed by atoms with E-state index in [1.54, 1.807) is 7.11 Å². The van der Waals surface area contributed by atoms with Crippen LogP contribution in [0.4, 0.5) is 0 Å². The Labute approximate surface area is 103 Å². The summed E-state index contributed by atoms with van der Waals surface area (Å²) in [5.74, 6) is -0.0227. The van der Waals surface area contributed by atoms with Crippen molar-refractivity contribution in [1.82, 2.24) is 5.32 Å². The van der Waals surface area contributed by atoms with E-state index in [1.807, 2.05) is 0 Å². The predicted octanol–water partition coefficient (Wildman–Crippen LogP) is 2.15. The minimum Gasteiger partial charge on any atom is -0.385 e. The van der Waals surface area contributed by atoms with E-state index < -0.39 is 5.54 Å². The molecule has 0 saturated heterocycles. The first kappa shape index (κ1) is 14.0. The average molecular weight is 238 g/mol. The van der Waals surface area contributed by atoms with Gasteiger partial charge in [0.25, 0.3) is 0 Å². The molecular formula is C13H22N2O2. The van der Waals surface area contributed by atoms with Crippen molar-refractivity contribution in [3.05, 3.63) is 0 Å². The smallest absolute Gasteiger partial charge is 0.221 e. The number of rotatable bonds is 5. The maximum atomic E-state index is 11.7. The van der Waals surface area contributed by atoms with Crippen LogP contribution in [-0.4, -0.2) is 25.2 Å². The molecule has 1 amide bonds. The molecule has 0 heterocycles. The molecular weight excluding hydrogens is 216 g/mol. The van der Waals surface area contributed by atoms with Gasteiger partial charge in [-0.15, -0.1) is 0 Å². The van der Waals surface area contributed by atoms with Crippen LogP contribution in [0.5, 0.6) is 0 Å². The van der Waals surface area contributed by atoms with Crippen molar-refractivity contribution in [3.8, 4) is 6.07 Å². The molecule has 1 aliphatic rings. The summed E-state index contributed by atoms with van der Waals surface area (Å²) in [5, 5.41) is 12.2. The first-order valence-electron chi connectivity index (χ1n) is 6.44. The van der Waals surface area contributed by atoms with Crippen LogP contribution in [0.15, 0.2) is 0 Å². The van der Waals surface area contributed by atoms with E-state index in [0.717, 1.165) is 25.7 Å². The van der Waals surface area contributed by atoms with Gasteiger partial charge in [0.1, 0.15) is 5.54 Å². The van der Waals surface area contributed by atoms with E-state index in [9.17, 15) is 10.1 Å². The maximum Gasteiger partial charge on any atom is 0.221 e. The monoisotopic (exact) mass is 238 g/mol. The number of nitrogens with one attached hydrogen (secondary N) is 1. The standard InChI is InChI=1S/C13H22N2O2/c1-17-10-6-7-12(16)15-13(11-14)8-4-2-3-5-9-13/h2-10H2,1H3,(H,15,16). The SMILES string of the molecule is COCCCC(=O)NC1(C#N)CCCCCC1. The molecule has 0 aromatic rings. The van der Waals surface area contributed by atoms with E-state index in [2.05, 4.69) is 11.4 Å². The summed E-state index contributed by atoms with van der Waals surface area (Å²) in [7, 11) is 1.62. The zero-order chi connectivity index (χ0) is 12.6. The summed E-state index contributed by atoms with van der Waals surface area (Å²) < 4.78 is 4.91. The van der Waals surface area contributed by atoms with Gasteiger partial charge in [0.05, 0.1) is 6.07 Å². The molecule has 0 unspecified atom stereocenters. The van der Waals surface area contributed by atoms with Gasteiger partial charge in [0, 0.05) is 20.1 Å². The lowest BCUT2D eigenvalue weighted by Crippen LogP contribution is -2.47. The first-order valence-corrected chi connectivity index (χ1v) is 6.44. The molecule has 0 aliphatic heterocycles. The van der Waals surface area contributed by atoms with Crippen molar-refractivity contribution in [2.45, 2.75) is 56.9 Å². The number of nitrogens with zero attached hydrogens (tertiary/aromatic N) is 1. The third kappa shape index (κ3) is 4.74. The van der Waals surface area contributed by atoms with Crippen molar-refractivity contribution in [2.75, 3.05) is 13.7 Å². The number of ether oxygens (including phenoxy) is 1. The van der Waals surface area contributed by atoms with E-state index in [1.165, 1.54) is 12.8 Å². The highest BCUT2D eigenvalue weighted by molar-refractivity contribution is 5.77. The van der Waals surface area contributed by atoms with E-state index in [4.69, 9.17) is 4.74 Å². The van der Waals surface area contributed by atoms with E-state index in [0.29, 0.717) is 19.4 Å². The van der Waals surface area contributed by atoms with Crippen LogP contribution >= 0.6 is 0 Å². The number of carbonyl (C=O) groups is 1. The molecule has 0 radical (unpaired) electrons. The van der Waals surface area contributed by atoms with Crippen LogP contribution in [0.1, 0.15) is 51.4 Å². The van der Waals surface area contributed by atoms with Crippen LogP contribution in [0.3, 0.4) is 0 Å². The topological polar surface area (TPSA) is 62.1 Å². The quantitative estimate of drug-likeness (QED) is 0.589. The highest BCUT2D eigenvalue weighted by Gasteiger charge is 2.32. The molecule has 17 heavy (non-hydrogen) atoms. The third-order valence-corrected chi connectivity index (χ3v) is 3.30. The van der Waals surface area contributed by atoms with Gasteiger partial charge >= 0.3 is 0 Å². The molecule has 0 aromatic heterocycles. The Balaban J connectivity index is 2.44. The van der Waals surface area contributed by atoms with Crippen molar-refractivity contribution < 1.29 is 9.53 Å². The molecule has 4 nitrogen and oxygen atoms in total. The number of hydrogen-bond acceptors (Lipinski definition) is 3. The van der Waals surface area contributed by atoms with Crippen LogP contribution < -0.4 is 5.32 Å². The Bertz CT molecular complexity index is 276. The Morgan fingerprint density at radius 3 is 2.53 bits per heavy atom. The van der Waals surface area contributed by atoms with Gasteiger partial charge < -0.3 is 10.1 Å². The highest BCUT2D eigenvalue weighted by Crippen LogP contribution is 2.26. The molecule has 96 valence electrons. The van der Waals surface area contributed by atoms with E-state index >= 15 is 0 Å². The van der Waals surface area contributed by atoms with Gasteiger partial charge in [-0.25, -0.2) is 0 Å². The summed E-state index contributed by atoms with van der Waals surface area (Å²) in [4.78, 5) is 11.7. The summed E-state index contributed by atoms with van der Waals surface area (Å²) in [6.45, 7) is 0.590. The lowest BCUT2D eigenvalue weighted by molar-refractivity contribution is -0.122. The van der Waals surface area contributed by atoms with Crippen molar-refractivity contribution >= 4 is 5.91 Å². The molecule has 4 heteroatoms. The maximum absolute atomic E-state index is 11.7. The van der Waals surface area contributed by atoms with E-state index in [-0.39, 0.29) is 5.91 Å². The number of methoxy groups -OCH3 is 1. The van der Waals surface area contributed by atoms with Gasteiger partial charge in [0.2, 0.25) is 5.91 Å². The largest absolute Gasteiger partial charge is 0.385 e. The van der Waals surface area contributed by atoms with Gasteiger partial charge in [-0.1, -0.05) is 25.7 Å². The second kappa shape index (κ2) is 7.29. The number of nitriles is 1. The predicted molar refractivity (Wildman–Crippen MR) is 65.3 cm³/mol. The Morgan fingerprint density at radius 2 is 2.00 bits per heavy atom. The fraction of sp³-hybridized carbons (Fsp3) is 0.846. The third-order valence-electron chi connectivity index (χ3n) is 3.30. The number of carbonyl (C=O) groups excluding carboxylic acids is 1. The summed E-state index contributed by atoms with van der Waals surface area (Å²) >= 11 is 0. The lowest BCUT2D eigenvalue weighted by atomic mass is 9.91. The number of amides is 1. The minimum absolute atomic E-state index is 0.0227. The molecule has 1 fully saturated rings. The summed E-state index contributed by atoms with van der Waals surface area (Å²) in [6.07, 6.45) is 7.14. The van der Waals surface area contributed by atoms with Crippen LogP contribution in [0, 0.1) is 11.3 Å². The zero-order valence-electron chi connectivity index (χ0n) is 10.6. The lowest BCUT2D eigenvalue weighted by Gasteiger charge is -2.26. The normalized spacial score (nSPS) is 19.1. The second-order valence-corrected chi connectivity index (χ2v) is 4.75. The van der Waals surface area contributed by atoms with Gasteiger partial charge in [0.15, 0.2) is 0 Å². The number of hydrogen-bond donors (Lipinski definition) is 1. The first-order chi connectivity index (χ1) is 8.22.